The van der Waals surface area contributed by atoms with Gasteiger partial charge in [-0.3, -0.25) is 0 Å². The van der Waals surface area contributed by atoms with Gasteiger partial charge in [0.05, 0.1) is 0 Å². The molecule has 1 amide bonds. The van der Waals surface area contributed by atoms with Crippen LogP contribution in [0, 0.1) is 18.7 Å². The van der Waals surface area contributed by atoms with E-state index in [1.807, 2.05) is 26.8 Å². The molecule has 23 heavy (non-hydrogen) atoms. The summed E-state index contributed by atoms with van der Waals surface area (Å²) in [5.74, 6) is -0.680. The van der Waals surface area contributed by atoms with E-state index in [1.54, 1.807) is 17.9 Å². The van der Waals surface area contributed by atoms with Crippen LogP contribution in [0.5, 0.6) is 0 Å². The standard InChI is InChI=1S/C18H24FNO3/c1-12-14(6-5-7-16(12)19)15-8-9-20(10-13(15)11-21)17(22)23-18(2,3)4/h5-7,11,13,15H,8-10H2,1-4H3/t13-,15+/m0/s1. The van der Waals surface area contributed by atoms with Gasteiger partial charge in [-0.25, -0.2) is 9.18 Å². The Morgan fingerprint density at radius 2 is 2.09 bits per heavy atom. The predicted molar refractivity (Wildman–Crippen MR) is 85.9 cm³/mol. The van der Waals surface area contributed by atoms with E-state index in [0.29, 0.717) is 25.1 Å². The summed E-state index contributed by atoms with van der Waals surface area (Å²) < 4.78 is 19.1. The third-order valence-corrected chi connectivity index (χ3v) is 4.19. The molecule has 1 saturated heterocycles. The van der Waals surface area contributed by atoms with Gasteiger partial charge in [0.2, 0.25) is 0 Å². The Hall–Kier alpha value is -1.91. The molecule has 1 fully saturated rings. The highest BCUT2D eigenvalue weighted by Gasteiger charge is 2.35. The highest BCUT2D eigenvalue weighted by molar-refractivity contribution is 5.69. The summed E-state index contributed by atoms with van der Waals surface area (Å²) in [6.45, 7) is 7.96. The molecule has 0 radical (unpaired) electrons. The molecule has 1 aliphatic heterocycles. The van der Waals surface area contributed by atoms with Gasteiger partial charge >= 0.3 is 6.09 Å². The number of ether oxygens (including phenoxy) is 1. The third kappa shape index (κ3) is 4.09. The van der Waals surface area contributed by atoms with E-state index in [1.165, 1.54) is 6.07 Å². The molecule has 126 valence electrons. The molecule has 0 aliphatic carbocycles. The molecule has 0 unspecified atom stereocenters. The van der Waals surface area contributed by atoms with Crippen LogP contribution >= 0.6 is 0 Å². The number of carbonyl (C=O) groups excluding carboxylic acids is 2. The molecule has 2 rings (SSSR count). The summed E-state index contributed by atoms with van der Waals surface area (Å²) in [6.07, 6.45) is 1.08. The lowest BCUT2D eigenvalue weighted by Gasteiger charge is -2.37. The largest absolute Gasteiger partial charge is 0.444 e. The molecular weight excluding hydrogens is 297 g/mol. The maximum absolute atomic E-state index is 13.8. The van der Waals surface area contributed by atoms with Crippen molar-refractivity contribution in [1.29, 1.82) is 0 Å². The van der Waals surface area contributed by atoms with Gasteiger partial charge in [-0.05, 0) is 57.2 Å². The van der Waals surface area contributed by atoms with E-state index < -0.39 is 11.7 Å². The molecule has 1 aliphatic rings. The smallest absolute Gasteiger partial charge is 0.410 e. The second-order valence-corrected chi connectivity index (χ2v) is 7.08. The van der Waals surface area contributed by atoms with Crippen molar-refractivity contribution in [2.24, 2.45) is 5.92 Å². The molecule has 0 aromatic heterocycles. The molecule has 1 heterocycles. The minimum Gasteiger partial charge on any atom is -0.444 e. The second kappa shape index (κ2) is 6.69. The van der Waals surface area contributed by atoms with Crippen LogP contribution < -0.4 is 0 Å². The van der Waals surface area contributed by atoms with Gasteiger partial charge in [0, 0.05) is 19.0 Å². The van der Waals surface area contributed by atoms with Crippen molar-refractivity contribution < 1.29 is 18.7 Å². The lowest BCUT2D eigenvalue weighted by molar-refractivity contribution is -0.113. The molecule has 0 saturated carbocycles. The second-order valence-electron chi connectivity index (χ2n) is 7.08. The zero-order chi connectivity index (χ0) is 17.2. The monoisotopic (exact) mass is 321 g/mol. The number of nitrogens with zero attached hydrogens (tertiary/aromatic N) is 1. The average molecular weight is 321 g/mol. The first-order valence-electron chi connectivity index (χ1n) is 7.91. The van der Waals surface area contributed by atoms with Crippen molar-refractivity contribution in [3.8, 4) is 0 Å². The van der Waals surface area contributed by atoms with Gasteiger partial charge in [0.25, 0.3) is 0 Å². The number of hydrogen-bond donors (Lipinski definition) is 0. The molecule has 2 atom stereocenters. The van der Waals surface area contributed by atoms with Gasteiger partial charge in [-0.15, -0.1) is 0 Å². The zero-order valence-electron chi connectivity index (χ0n) is 14.1. The van der Waals surface area contributed by atoms with E-state index in [0.717, 1.165) is 11.8 Å². The first-order chi connectivity index (χ1) is 10.7. The van der Waals surface area contributed by atoms with Crippen LogP contribution in [0.4, 0.5) is 9.18 Å². The van der Waals surface area contributed by atoms with Gasteiger partial charge in [-0.2, -0.15) is 0 Å². The lowest BCUT2D eigenvalue weighted by Crippen LogP contribution is -2.45. The number of piperidine rings is 1. The number of amides is 1. The highest BCUT2D eigenvalue weighted by Crippen LogP contribution is 2.34. The SMILES string of the molecule is Cc1c(F)cccc1[C@@H]1CCN(C(=O)OC(C)(C)C)C[C@H]1C=O. The fourth-order valence-electron chi connectivity index (χ4n) is 3.02. The molecule has 0 spiro atoms. The summed E-state index contributed by atoms with van der Waals surface area (Å²) in [4.78, 5) is 25.3. The Bertz CT molecular complexity index is 594. The molecular formula is C18H24FNO3. The molecule has 4 nitrogen and oxygen atoms in total. The Morgan fingerprint density at radius 3 is 2.70 bits per heavy atom. The summed E-state index contributed by atoms with van der Waals surface area (Å²) in [5, 5.41) is 0. The van der Waals surface area contributed by atoms with Crippen LogP contribution in [0.25, 0.3) is 0 Å². The third-order valence-electron chi connectivity index (χ3n) is 4.19. The van der Waals surface area contributed by atoms with E-state index >= 15 is 0 Å². The number of rotatable bonds is 2. The average Bonchev–Trinajstić information content (AvgIpc) is 2.48. The molecule has 0 bridgehead atoms. The van der Waals surface area contributed by atoms with E-state index in [-0.39, 0.29) is 17.7 Å². The summed E-state index contributed by atoms with van der Waals surface area (Å²) >= 11 is 0. The summed E-state index contributed by atoms with van der Waals surface area (Å²) in [7, 11) is 0. The minimum atomic E-state index is -0.566. The van der Waals surface area contributed by atoms with Gasteiger partial charge in [0.1, 0.15) is 17.7 Å². The normalized spacial score (nSPS) is 21.9. The fourth-order valence-corrected chi connectivity index (χ4v) is 3.02. The first kappa shape index (κ1) is 17.4. The van der Waals surface area contributed by atoms with E-state index in [2.05, 4.69) is 0 Å². The molecule has 1 aromatic carbocycles. The maximum Gasteiger partial charge on any atom is 0.410 e. The van der Waals surface area contributed by atoms with Crippen molar-refractivity contribution in [3.05, 3.63) is 35.1 Å². The summed E-state index contributed by atoms with van der Waals surface area (Å²) in [5.41, 5.74) is 0.866. The van der Waals surface area contributed by atoms with Crippen molar-refractivity contribution in [3.63, 3.8) is 0 Å². The van der Waals surface area contributed by atoms with Crippen LogP contribution in [0.2, 0.25) is 0 Å². The lowest BCUT2D eigenvalue weighted by atomic mass is 9.79. The van der Waals surface area contributed by atoms with E-state index in [4.69, 9.17) is 4.74 Å². The van der Waals surface area contributed by atoms with Gasteiger partial charge in [-0.1, -0.05) is 12.1 Å². The first-order valence-corrected chi connectivity index (χ1v) is 7.91. The topological polar surface area (TPSA) is 46.6 Å². The molecule has 1 aromatic rings. The van der Waals surface area contributed by atoms with Crippen LogP contribution in [0.1, 0.15) is 44.2 Å². The van der Waals surface area contributed by atoms with Gasteiger partial charge < -0.3 is 14.4 Å². The maximum atomic E-state index is 13.8. The van der Waals surface area contributed by atoms with Crippen LogP contribution in [-0.4, -0.2) is 36.0 Å². The molecule has 5 heteroatoms. The van der Waals surface area contributed by atoms with Crippen LogP contribution in [-0.2, 0) is 9.53 Å². The fraction of sp³-hybridized carbons (Fsp3) is 0.556. The number of aldehydes is 1. The minimum absolute atomic E-state index is 0.0677. The number of hydrogen-bond acceptors (Lipinski definition) is 3. The van der Waals surface area contributed by atoms with E-state index in [9.17, 15) is 14.0 Å². The summed E-state index contributed by atoms with van der Waals surface area (Å²) in [6, 6.07) is 4.95. The number of halogens is 1. The van der Waals surface area contributed by atoms with Gasteiger partial charge in [0.15, 0.2) is 0 Å². The Labute approximate surface area is 136 Å². The van der Waals surface area contributed by atoms with Crippen LogP contribution in [0.15, 0.2) is 18.2 Å². The zero-order valence-corrected chi connectivity index (χ0v) is 14.1. The number of benzene rings is 1. The van der Waals surface area contributed by atoms with Crippen molar-refractivity contribution in [2.75, 3.05) is 13.1 Å². The Balaban J connectivity index is 2.15. The van der Waals surface area contributed by atoms with Crippen molar-refractivity contribution in [2.45, 2.75) is 45.6 Å². The number of likely N-dealkylation sites (tertiary alicyclic amines) is 1. The quantitative estimate of drug-likeness (QED) is 0.781. The molecule has 0 N–H and O–H groups in total. The number of carbonyl (C=O) groups is 2. The van der Waals surface area contributed by atoms with Crippen LogP contribution in [0.3, 0.4) is 0 Å². The Morgan fingerprint density at radius 1 is 1.39 bits per heavy atom. The predicted octanol–water partition coefficient (Wildman–Crippen LogP) is 3.67. The van der Waals surface area contributed by atoms with Crippen molar-refractivity contribution >= 4 is 12.4 Å². The highest BCUT2D eigenvalue weighted by atomic mass is 19.1. The van der Waals surface area contributed by atoms with Crippen molar-refractivity contribution in [1.82, 2.24) is 4.90 Å². The Kier molecular flexibility index (Phi) is 5.07.